The summed E-state index contributed by atoms with van der Waals surface area (Å²) in [5, 5.41) is 2.79. The van der Waals surface area contributed by atoms with E-state index in [0.29, 0.717) is 37.8 Å². The minimum Gasteiger partial charge on any atom is -0.380 e. The van der Waals surface area contributed by atoms with Crippen molar-refractivity contribution in [1.29, 1.82) is 0 Å². The number of carbonyl (C=O) groups excluding carboxylic acids is 4. The Morgan fingerprint density at radius 1 is 0.942 bits per heavy atom. The summed E-state index contributed by atoms with van der Waals surface area (Å²) >= 11 is 0. The number of alkyl halides is 1. The van der Waals surface area contributed by atoms with Crippen LogP contribution in [0, 0.1) is 23.7 Å². The van der Waals surface area contributed by atoms with Crippen LogP contribution in [-0.4, -0.2) is 126 Å². The number of carbonyl (C=O) groups is 4. The molecule has 316 valence electrons. The van der Waals surface area contributed by atoms with Crippen molar-refractivity contribution in [3.05, 3.63) is 0 Å². The van der Waals surface area contributed by atoms with Crippen molar-refractivity contribution in [2.75, 3.05) is 55.5 Å². The van der Waals surface area contributed by atoms with Gasteiger partial charge in [-0.2, -0.15) is 5.12 Å². The van der Waals surface area contributed by atoms with Crippen LogP contribution in [0.1, 0.15) is 129 Å². The van der Waals surface area contributed by atoms with Gasteiger partial charge in [0.2, 0.25) is 12.3 Å². The standard InChI is InChI=1S/C13H26N2O3.C10H20FNO.C8H16O.C3H8.C2H4FNO.2C2H6/c1-6-10(2)13(11(18-5)7-8-16)15(4)12(17)9-14-3;1-7(2)10(13-4)9-5-8(11)6-12(9)3;1-4-5-8(6-9)7(2)3;1-3-2;1-4(3)2-5;2*1-2/h8,10-11,13-14H,6-7,9H2,1-5H3;7-10H,5-6H2,1-4H3;6-8H,4-5H2,1-3H3;3H2,1-2H3;2H,1H3;2*1-2H3. The van der Waals surface area contributed by atoms with Crippen molar-refractivity contribution in [2.45, 2.75) is 159 Å². The number of ether oxygens (including phenoxy) is 2. The molecule has 1 fully saturated rings. The van der Waals surface area contributed by atoms with Gasteiger partial charge in [0.25, 0.3) is 0 Å². The molecule has 1 saturated heterocycles. The first kappa shape index (κ1) is 62.0. The number of rotatable bonds is 17. The molecule has 0 spiro atoms. The van der Waals surface area contributed by atoms with E-state index in [0.717, 1.165) is 38.9 Å². The van der Waals surface area contributed by atoms with Crippen LogP contribution < -0.4 is 5.32 Å². The van der Waals surface area contributed by atoms with E-state index in [-0.39, 0.29) is 53.6 Å². The number of hydrogen-bond donors (Lipinski definition) is 1. The van der Waals surface area contributed by atoms with E-state index in [1.807, 2.05) is 34.7 Å². The van der Waals surface area contributed by atoms with E-state index < -0.39 is 6.17 Å². The van der Waals surface area contributed by atoms with Gasteiger partial charge in [0.15, 0.2) is 0 Å². The van der Waals surface area contributed by atoms with Gasteiger partial charge in [0.05, 0.1) is 24.8 Å². The fraction of sp³-hybridized carbons (Fsp3) is 0.900. The molecule has 7 atom stereocenters. The molecule has 0 aromatic rings. The molecule has 0 bridgehead atoms. The smallest absolute Gasteiger partial charge is 0.237 e. The van der Waals surface area contributed by atoms with Gasteiger partial charge in [-0.3, -0.25) is 14.5 Å². The highest BCUT2D eigenvalue weighted by Crippen LogP contribution is 2.26. The molecule has 0 aromatic heterocycles. The fourth-order valence-corrected chi connectivity index (χ4v) is 5.27. The Balaban J connectivity index is -0.000000136. The number of hydrogen-bond acceptors (Lipinski definition) is 8. The molecule has 7 unspecified atom stereocenters. The molecule has 10 nitrogen and oxygen atoms in total. The molecule has 0 radical (unpaired) electrons. The third-order valence-electron chi connectivity index (χ3n) is 8.06. The number of likely N-dealkylation sites (N-methyl/N-ethyl adjacent to an activating group) is 3. The normalized spacial score (nSPS) is 17.3. The lowest BCUT2D eigenvalue weighted by molar-refractivity contribution is -0.136. The summed E-state index contributed by atoms with van der Waals surface area (Å²) in [4.78, 5) is 45.8. The maximum absolute atomic E-state index is 13.1. The summed E-state index contributed by atoms with van der Waals surface area (Å²) in [5.74, 6) is 1.54. The van der Waals surface area contributed by atoms with Gasteiger partial charge in [-0.25, -0.2) is 4.39 Å². The number of halogens is 2. The molecule has 0 aliphatic carbocycles. The van der Waals surface area contributed by atoms with Gasteiger partial charge < -0.3 is 29.3 Å². The number of methoxy groups -OCH3 is 2. The molecule has 1 rings (SSSR count). The van der Waals surface area contributed by atoms with Crippen LogP contribution in [0.2, 0.25) is 0 Å². The molecule has 1 aliphatic heterocycles. The van der Waals surface area contributed by atoms with Crippen LogP contribution in [0.15, 0.2) is 0 Å². The second-order valence-corrected chi connectivity index (χ2v) is 13.0. The van der Waals surface area contributed by atoms with Crippen molar-refractivity contribution in [2.24, 2.45) is 23.7 Å². The molecule has 52 heavy (non-hydrogen) atoms. The Bertz CT molecular complexity index is 780. The largest absolute Gasteiger partial charge is 0.380 e. The molecule has 12 heteroatoms. The Morgan fingerprint density at radius 3 is 1.65 bits per heavy atom. The maximum Gasteiger partial charge on any atom is 0.237 e. The minimum absolute atomic E-state index is 0.00995. The van der Waals surface area contributed by atoms with Gasteiger partial charge in [-0.05, 0) is 44.7 Å². The summed E-state index contributed by atoms with van der Waals surface area (Å²) in [5.41, 5.74) is 0. The van der Waals surface area contributed by atoms with E-state index in [1.54, 1.807) is 33.2 Å². The lowest BCUT2D eigenvalue weighted by Crippen LogP contribution is -2.51. The van der Waals surface area contributed by atoms with Crippen molar-refractivity contribution in [1.82, 2.24) is 20.2 Å². The molecule has 2 amide bonds. The first-order valence-corrected chi connectivity index (χ1v) is 19.5. The van der Waals surface area contributed by atoms with Crippen LogP contribution in [0.4, 0.5) is 8.87 Å². The summed E-state index contributed by atoms with van der Waals surface area (Å²) in [6.45, 7) is 27.8. The highest BCUT2D eigenvalue weighted by atomic mass is 19.2. The number of nitrogens with one attached hydrogen (secondary N) is 1. The third-order valence-corrected chi connectivity index (χ3v) is 8.06. The summed E-state index contributed by atoms with van der Waals surface area (Å²) in [6, 6.07) is 0.172. The topological polar surface area (TPSA) is 108 Å². The van der Waals surface area contributed by atoms with E-state index in [2.05, 4.69) is 72.5 Å². The molecule has 1 aliphatic rings. The Kier molecular flexibility index (Phi) is 51.7. The van der Waals surface area contributed by atoms with Crippen molar-refractivity contribution in [3.63, 3.8) is 0 Å². The van der Waals surface area contributed by atoms with Gasteiger partial charge in [0, 0.05) is 53.2 Å². The van der Waals surface area contributed by atoms with Crippen LogP contribution in [0.5, 0.6) is 0 Å². The predicted octanol–water partition coefficient (Wildman–Crippen LogP) is 8.07. The van der Waals surface area contributed by atoms with Gasteiger partial charge >= 0.3 is 0 Å². The predicted molar refractivity (Wildman–Crippen MR) is 216 cm³/mol. The number of nitrogens with zero attached hydrogens (tertiary/aromatic N) is 3. The van der Waals surface area contributed by atoms with E-state index in [4.69, 9.17) is 14.3 Å². The zero-order chi connectivity index (χ0) is 42.4. The SMILES string of the molecule is CC.CC.CCC.CCC(C)C(C(CC=O)OC)N(C)C(=O)CNC.CCCC(C=O)C(C)C.CN(F)C=O.COC(C(C)C)C1CC(F)CN1C. The number of aldehydes is 2. The van der Waals surface area contributed by atoms with E-state index in [9.17, 15) is 23.3 Å². The van der Waals surface area contributed by atoms with Crippen molar-refractivity contribution >= 4 is 24.9 Å². The zero-order valence-electron chi connectivity index (χ0n) is 37.1. The molecular formula is C40H86F2N4O6. The maximum atomic E-state index is 13.1. The van der Waals surface area contributed by atoms with Crippen molar-refractivity contribution < 1.29 is 37.5 Å². The second-order valence-electron chi connectivity index (χ2n) is 13.0. The lowest BCUT2D eigenvalue weighted by atomic mass is 9.91. The molecule has 1 N–H and O–H groups in total. The van der Waals surface area contributed by atoms with Gasteiger partial charge in [0.1, 0.15) is 18.7 Å². The molecule has 0 saturated carbocycles. The Morgan fingerprint density at radius 2 is 1.42 bits per heavy atom. The van der Waals surface area contributed by atoms with Gasteiger partial charge in [-0.15, -0.1) is 0 Å². The fourth-order valence-electron chi connectivity index (χ4n) is 5.27. The zero-order valence-corrected chi connectivity index (χ0v) is 37.1. The quantitative estimate of drug-likeness (QED) is 0.117. The van der Waals surface area contributed by atoms with E-state index >= 15 is 0 Å². The Labute approximate surface area is 320 Å². The van der Waals surface area contributed by atoms with Crippen LogP contribution in [0.25, 0.3) is 0 Å². The minimum atomic E-state index is -0.675. The highest BCUT2D eigenvalue weighted by Gasteiger charge is 2.36. The van der Waals surface area contributed by atoms with E-state index in [1.165, 1.54) is 6.42 Å². The molecule has 1 heterocycles. The Hall–Kier alpha value is -2.02. The van der Waals surface area contributed by atoms with Crippen LogP contribution in [0.3, 0.4) is 0 Å². The first-order chi connectivity index (χ1) is 24.5. The molecular weight excluding hydrogens is 670 g/mol. The molecule has 0 aromatic carbocycles. The lowest BCUT2D eigenvalue weighted by Gasteiger charge is -2.37. The average molecular weight is 757 g/mol. The summed E-state index contributed by atoms with van der Waals surface area (Å²) in [6.07, 6.45) is 6.51. The van der Waals surface area contributed by atoms with Crippen LogP contribution in [-0.2, 0) is 28.7 Å². The highest BCUT2D eigenvalue weighted by molar-refractivity contribution is 5.78. The third kappa shape index (κ3) is 32.6. The van der Waals surface area contributed by atoms with Gasteiger partial charge in [-0.1, -0.05) is 114 Å². The summed E-state index contributed by atoms with van der Waals surface area (Å²) in [7, 11) is 9.80. The number of likely N-dealkylation sites (tertiary alicyclic amines) is 1. The monoisotopic (exact) mass is 757 g/mol. The van der Waals surface area contributed by atoms with Crippen LogP contribution >= 0.6 is 0 Å². The summed E-state index contributed by atoms with van der Waals surface area (Å²) < 4.78 is 34.8. The average Bonchev–Trinajstić information content (AvgIpc) is 3.46. The second kappa shape index (κ2) is 43.4. The van der Waals surface area contributed by atoms with Crippen molar-refractivity contribution in [3.8, 4) is 0 Å². The number of amides is 2. The first-order valence-electron chi connectivity index (χ1n) is 19.5.